The molecule has 1 fully saturated rings. The summed E-state index contributed by atoms with van der Waals surface area (Å²) in [5.41, 5.74) is 0. The zero-order valence-electron chi connectivity index (χ0n) is 10.4. The Labute approximate surface area is 93.9 Å². The van der Waals surface area contributed by atoms with E-state index >= 15 is 0 Å². The highest BCUT2D eigenvalue weighted by molar-refractivity contribution is 4.80. The Morgan fingerprint density at radius 1 is 1.47 bits per heavy atom. The number of nitrogens with zero attached hydrogens (tertiary/aromatic N) is 1. The molecule has 0 aliphatic carbocycles. The van der Waals surface area contributed by atoms with Crippen LogP contribution in [0.1, 0.15) is 33.6 Å². The maximum atomic E-state index is 9.24. The summed E-state index contributed by atoms with van der Waals surface area (Å²) < 4.78 is 0. The van der Waals surface area contributed by atoms with Gasteiger partial charge in [-0.15, -0.1) is 0 Å². The summed E-state index contributed by atoms with van der Waals surface area (Å²) in [7, 11) is 0. The molecule has 15 heavy (non-hydrogen) atoms. The molecule has 3 nitrogen and oxygen atoms in total. The van der Waals surface area contributed by atoms with E-state index in [4.69, 9.17) is 0 Å². The first kappa shape index (κ1) is 12.9. The molecule has 1 aliphatic heterocycles. The van der Waals surface area contributed by atoms with Gasteiger partial charge in [0, 0.05) is 18.6 Å². The molecule has 0 saturated carbocycles. The first-order valence-electron chi connectivity index (χ1n) is 6.21. The fourth-order valence-corrected chi connectivity index (χ4v) is 2.07. The Bertz CT molecular complexity index is 173. The van der Waals surface area contributed by atoms with E-state index in [9.17, 15) is 5.11 Å². The van der Waals surface area contributed by atoms with E-state index in [1.165, 1.54) is 19.4 Å². The van der Waals surface area contributed by atoms with Crippen LogP contribution in [0.5, 0.6) is 0 Å². The van der Waals surface area contributed by atoms with E-state index in [0.29, 0.717) is 6.04 Å². The first-order chi connectivity index (χ1) is 7.11. The van der Waals surface area contributed by atoms with Crippen LogP contribution in [0.15, 0.2) is 0 Å². The quantitative estimate of drug-likeness (QED) is 0.735. The number of rotatable bonds is 4. The molecular weight excluding hydrogens is 188 g/mol. The predicted octanol–water partition coefficient (Wildman–Crippen LogP) is 1.08. The SMILES string of the molecule is CC(C)CCN1CCC(C)NC(CO)C1. The molecule has 2 atom stereocenters. The van der Waals surface area contributed by atoms with Crippen molar-refractivity contribution < 1.29 is 5.11 Å². The number of nitrogens with one attached hydrogen (secondary N) is 1. The molecular formula is C12H26N2O. The zero-order valence-corrected chi connectivity index (χ0v) is 10.4. The summed E-state index contributed by atoms with van der Waals surface area (Å²) in [6.45, 7) is 10.3. The topological polar surface area (TPSA) is 35.5 Å². The van der Waals surface area contributed by atoms with Crippen molar-refractivity contribution in [2.75, 3.05) is 26.2 Å². The molecule has 0 aromatic carbocycles. The molecule has 2 N–H and O–H groups in total. The van der Waals surface area contributed by atoms with Crippen molar-refractivity contribution in [3.05, 3.63) is 0 Å². The molecule has 2 unspecified atom stereocenters. The van der Waals surface area contributed by atoms with Crippen LogP contribution in [0.25, 0.3) is 0 Å². The fraction of sp³-hybridized carbons (Fsp3) is 1.00. The predicted molar refractivity (Wildman–Crippen MR) is 64.0 cm³/mol. The van der Waals surface area contributed by atoms with Gasteiger partial charge in [-0.05, 0) is 38.8 Å². The number of hydrogen-bond acceptors (Lipinski definition) is 3. The van der Waals surface area contributed by atoms with Gasteiger partial charge in [0.15, 0.2) is 0 Å². The maximum absolute atomic E-state index is 9.24. The van der Waals surface area contributed by atoms with E-state index in [2.05, 4.69) is 31.0 Å². The second kappa shape index (κ2) is 6.46. The highest BCUT2D eigenvalue weighted by Crippen LogP contribution is 2.08. The maximum Gasteiger partial charge on any atom is 0.0597 e. The molecule has 0 amide bonds. The van der Waals surface area contributed by atoms with Crippen molar-refractivity contribution in [1.82, 2.24) is 10.2 Å². The molecule has 1 heterocycles. The van der Waals surface area contributed by atoms with Gasteiger partial charge in [0.2, 0.25) is 0 Å². The highest BCUT2D eigenvalue weighted by Gasteiger charge is 2.20. The second-order valence-electron chi connectivity index (χ2n) is 5.22. The third-order valence-electron chi connectivity index (χ3n) is 3.12. The normalized spacial score (nSPS) is 29.4. The average Bonchev–Trinajstić information content (AvgIpc) is 2.37. The van der Waals surface area contributed by atoms with Gasteiger partial charge in [-0.2, -0.15) is 0 Å². The fourth-order valence-electron chi connectivity index (χ4n) is 2.07. The first-order valence-corrected chi connectivity index (χ1v) is 6.21. The Morgan fingerprint density at radius 2 is 2.20 bits per heavy atom. The lowest BCUT2D eigenvalue weighted by Gasteiger charge is -2.23. The highest BCUT2D eigenvalue weighted by atomic mass is 16.3. The second-order valence-corrected chi connectivity index (χ2v) is 5.22. The number of hydrogen-bond donors (Lipinski definition) is 2. The Balaban J connectivity index is 2.36. The van der Waals surface area contributed by atoms with Gasteiger partial charge >= 0.3 is 0 Å². The van der Waals surface area contributed by atoms with Crippen LogP contribution >= 0.6 is 0 Å². The van der Waals surface area contributed by atoms with Gasteiger partial charge < -0.3 is 15.3 Å². The molecule has 0 aromatic rings. The summed E-state index contributed by atoms with van der Waals surface area (Å²) in [4.78, 5) is 2.48. The van der Waals surface area contributed by atoms with E-state index in [0.717, 1.165) is 19.0 Å². The molecule has 3 heteroatoms. The van der Waals surface area contributed by atoms with Crippen LogP contribution in [0.3, 0.4) is 0 Å². The lowest BCUT2D eigenvalue weighted by Crippen LogP contribution is -2.42. The van der Waals surface area contributed by atoms with Crippen LogP contribution in [-0.4, -0.2) is 48.3 Å². The van der Waals surface area contributed by atoms with Crippen molar-refractivity contribution in [2.45, 2.75) is 45.7 Å². The van der Waals surface area contributed by atoms with Crippen LogP contribution in [0.2, 0.25) is 0 Å². The van der Waals surface area contributed by atoms with Crippen LogP contribution in [0, 0.1) is 5.92 Å². The van der Waals surface area contributed by atoms with Crippen molar-refractivity contribution in [2.24, 2.45) is 5.92 Å². The van der Waals surface area contributed by atoms with Crippen LogP contribution in [-0.2, 0) is 0 Å². The van der Waals surface area contributed by atoms with E-state index in [-0.39, 0.29) is 12.6 Å². The monoisotopic (exact) mass is 214 g/mol. The molecule has 1 saturated heterocycles. The van der Waals surface area contributed by atoms with Crippen LogP contribution in [0.4, 0.5) is 0 Å². The standard InChI is InChI=1S/C12H26N2O/c1-10(2)4-6-14-7-5-11(3)13-12(8-14)9-15/h10-13,15H,4-9H2,1-3H3. The molecule has 0 radical (unpaired) electrons. The minimum absolute atomic E-state index is 0.252. The summed E-state index contributed by atoms with van der Waals surface area (Å²) >= 11 is 0. The smallest absolute Gasteiger partial charge is 0.0597 e. The van der Waals surface area contributed by atoms with E-state index < -0.39 is 0 Å². The van der Waals surface area contributed by atoms with Crippen molar-refractivity contribution in [3.8, 4) is 0 Å². The van der Waals surface area contributed by atoms with Crippen LogP contribution < -0.4 is 5.32 Å². The minimum atomic E-state index is 0.252. The Hall–Kier alpha value is -0.120. The van der Waals surface area contributed by atoms with Gasteiger partial charge in [0.1, 0.15) is 0 Å². The summed E-state index contributed by atoms with van der Waals surface area (Å²) in [6.07, 6.45) is 2.45. The van der Waals surface area contributed by atoms with Gasteiger partial charge in [0.05, 0.1) is 6.61 Å². The van der Waals surface area contributed by atoms with Crippen molar-refractivity contribution in [3.63, 3.8) is 0 Å². The number of aliphatic hydroxyl groups excluding tert-OH is 1. The van der Waals surface area contributed by atoms with E-state index in [1.54, 1.807) is 0 Å². The molecule has 1 rings (SSSR count). The Morgan fingerprint density at radius 3 is 2.80 bits per heavy atom. The van der Waals surface area contributed by atoms with Crippen molar-refractivity contribution in [1.29, 1.82) is 0 Å². The third kappa shape index (κ3) is 4.96. The third-order valence-corrected chi connectivity index (χ3v) is 3.12. The van der Waals surface area contributed by atoms with Crippen molar-refractivity contribution >= 4 is 0 Å². The largest absolute Gasteiger partial charge is 0.395 e. The average molecular weight is 214 g/mol. The lowest BCUT2D eigenvalue weighted by atomic mass is 10.1. The molecule has 0 spiro atoms. The van der Waals surface area contributed by atoms with Gasteiger partial charge in [0.25, 0.3) is 0 Å². The summed E-state index contributed by atoms with van der Waals surface area (Å²) in [5, 5.41) is 12.7. The molecule has 90 valence electrons. The summed E-state index contributed by atoms with van der Waals surface area (Å²) in [5.74, 6) is 0.770. The lowest BCUT2D eigenvalue weighted by molar-refractivity contribution is 0.194. The summed E-state index contributed by atoms with van der Waals surface area (Å²) in [6, 6.07) is 0.792. The van der Waals surface area contributed by atoms with Gasteiger partial charge in [-0.3, -0.25) is 0 Å². The molecule has 0 aromatic heterocycles. The Kier molecular flexibility index (Phi) is 5.58. The zero-order chi connectivity index (χ0) is 11.3. The number of aliphatic hydroxyl groups is 1. The molecule has 0 bridgehead atoms. The molecule has 1 aliphatic rings. The minimum Gasteiger partial charge on any atom is -0.395 e. The van der Waals surface area contributed by atoms with Gasteiger partial charge in [-0.25, -0.2) is 0 Å². The van der Waals surface area contributed by atoms with E-state index in [1.807, 2.05) is 0 Å². The van der Waals surface area contributed by atoms with Gasteiger partial charge in [-0.1, -0.05) is 13.8 Å².